The van der Waals surface area contributed by atoms with Crippen molar-refractivity contribution in [2.24, 2.45) is 5.10 Å². The van der Waals surface area contributed by atoms with Crippen molar-refractivity contribution >= 4 is 33.9 Å². The highest BCUT2D eigenvalue weighted by molar-refractivity contribution is 6.08. The van der Waals surface area contributed by atoms with Gasteiger partial charge in [0.2, 0.25) is 0 Å². The molecule has 6 nitrogen and oxygen atoms in total. The molecule has 0 aliphatic rings. The summed E-state index contributed by atoms with van der Waals surface area (Å²) in [5, 5.41) is 7.07. The van der Waals surface area contributed by atoms with Crippen LogP contribution in [-0.4, -0.2) is 25.8 Å². The molecule has 1 heterocycles. The van der Waals surface area contributed by atoms with Crippen molar-refractivity contribution in [3.8, 4) is 11.5 Å². The maximum Gasteiger partial charge on any atom is 0.307 e. The Balaban J connectivity index is 1.57. The van der Waals surface area contributed by atoms with Gasteiger partial charge in [-0.1, -0.05) is 36.4 Å². The van der Waals surface area contributed by atoms with Gasteiger partial charge < -0.3 is 13.9 Å². The van der Waals surface area contributed by atoms with E-state index < -0.39 is 5.91 Å². The smallest absolute Gasteiger partial charge is 0.307 e. The number of furan rings is 1. The third kappa shape index (κ3) is 3.65. The number of hydrogen-bond acceptors (Lipinski definition) is 5. The van der Waals surface area contributed by atoms with Crippen molar-refractivity contribution < 1.29 is 18.7 Å². The van der Waals surface area contributed by atoms with Gasteiger partial charge >= 0.3 is 5.91 Å². The van der Waals surface area contributed by atoms with Crippen LogP contribution in [0.5, 0.6) is 11.5 Å². The highest BCUT2D eigenvalue weighted by atomic mass is 16.5. The van der Waals surface area contributed by atoms with E-state index in [0.717, 1.165) is 16.2 Å². The number of methoxy groups -OCH3 is 1. The number of carbonyl (C=O) groups excluding carboxylic acids is 1. The van der Waals surface area contributed by atoms with E-state index in [9.17, 15) is 4.79 Å². The van der Waals surface area contributed by atoms with E-state index in [0.29, 0.717) is 29.3 Å². The average molecular weight is 388 g/mol. The Morgan fingerprint density at radius 2 is 1.97 bits per heavy atom. The third-order valence-corrected chi connectivity index (χ3v) is 4.54. The van der Waals surface area contributed by atoms with Gasteiger partial charge in [0.25, 0.3) is 0 Å². The number of fused-ring (bicyclic) bond motifs is 3. The summed E-state index contributed by atoms with van der Waals surface area (Å²) < 4.78 is 16.7. The predicted molar refractivity (Wildman–Crippen MR) is 113 cm³/mol. The first-order valence-corrected chi connectivity index (χ1v) is 9.25. The van der Waals surface area contributed by atoms with Gasteiger partial charge in [-0.3, -0.25) is 4.79 Å². The average Bonchev–Trinajstić information content (AvgIpc) is 3.20. The third-order valence-electron chi connectivity index (χ3n) is 4.54. The Hall–Kier alpha value is -3.80. The van der Waals surface area contributed by atoms with Crippen LogP contribution in [0.25, 0.3) is 21.7 Å². The second-order valence-electron chi connectivity index (χ2n) is 6.32. The van der Waals surface area contributed by atoms with Crippen LogP contribution in [0, 0.1) is 0 Å². The van der Waals surface area contributed by atoms with Gasteiger partial charge in [0.15, 0.2) is 17.3 Å². The number of para-hydroxylation sites is 1. The lowest BCUT2D eigenvalue weighted by Gasteiger charge is -2.11. The van der Waals surface area contributed by atoms with Gasteiger partial charge in [-0.2, -0.15) is 5.10 Å². The van der Waals surface area contributed by atoms with Gasteiger partial charge in [-0.25, -0.2) is 5.43 Å². The summed E-state index contributed by atoms with van der Waals surface area (Å²) in [6.45, 7) is 2.38. The molecule has 6 heteroatoms. The molecular formula is C23H20N2O4. The fourth-order valence-electron chi connectivity index (χ4n) is 3.21. The first kappa shape index (κ1) is 18.6. The monoisotopic (exact) mass is 388 g/mol. The van der Waals surface area contributed by atoms with Gasteiger partial charge in [-0.05, 0) is 42.0 Å². The fourth-order valence-corrected chi connectivity index (χ4v) is 3.21. The van der Waals surface area contributed by atoms with E-state index >= 15 is 0 Å². The number of benzene rings is 3. The lowest BCUT2D eigenvalue weighted by molar-refractivity contribution is 0.0929. The summed E-state index contributed by atoms with van der Waals surface area (Å²) in [4.78, 5) is 12.5. The standard InChI is InChI=1S/C23H20N2O4/c1-3-28-22-16(8-6-10-20(22)27-2)14-24-25-23(26)21-13-18-17-9-5-4-7-15(17)11-12-19(18)29-21/h4-14H,3H2,1-2H3,(H,25,26)/b24-14-. The van der Waals surface area contributed by atoms with Crippen LogP contribution in [0.4, 0.5) is 0 Å². The molecule has 0 fully saturated rings. The lowest BCUT2D eigenvalue weighted by atomic mass is 10.1. The Morgan fingerprint density at radius 3 is 2.79 bits per heavy atom. The van der Waals surface area contributed by atoms with E-state index in [1.54, 1.807) is 19.2 Å². The summed E-state index contributed by atoms with van der Waals surface area (Å²) in [7, 11) is 1.58. The Kier molecular flexibility index (Phi) is 5.16. The maximum atomic E-state index is 12.5. The van der Waals surface area contributed by atoms with Crippen molar-refractivity contribution in [1.82, 2.24) is 5.43 Å². The molecule has 4 rings (SSSR count). The molecule has 0 spiro atoms. The Bertz CT molecular complexity index is 1210. The number of hydrogen-bond donors (Lipinski definition) is 1. The fraction of sp³-hybridized carbons (Fsp3) is 0.130. The zero-order valence-corrected chi connectivity index (χ0v) is 16.1. The molecule has 1 N–H and O–H groups in total. The first-order valence-electron chi connectivity index (χ1n) is 9.25. The molecule has 0 saturated carbocycles. The molecule has 0 radical (unpaired) electrons. The minimum Gasteiger partial charge on any atom is -0.493 e. The van der Waals surface area contributed by atoms with Crippen LogP contribution >= 0.6 is 0 Å². The van der Waals surface area contributed by atoms with Crippen LogP contribution in [-0.2, 0) is 0 Å². The lowest BCUT2D eigenvalue weighted by Crippen LogP contribution is -2.16. The quantitative estimate of drug-likeness (QED) is 0.382. The number of ether oxygens (including phenoxy) is 2. The van der Waals surface area contributed by atoms with E-state index in [1.807, 2.05) is 55.5 Å². The van der Waals surface area contributed by atoms with Crippen LogP contribution in [0.1, 0.15) is 23.0 Å². The SMILES string of the molecule is CCOc1c(/C=N\NC(=O)c2cc3c(ccc4ccccc43)o2)cccc1OC. The minimum absolute atomic E-state index is 0.198. The van der Waals surface area contributed by atoms with Crippen LogP contribution in [0.15, 0.2) is 70.2 Å². The summed E-state index contributed by atoms with van der Waals surface area (Å²) in [6.07, 6.45) is 1.52. The van der Waals surface area contributed by atoms with Gasteiger partial charge in [0.1, 0.15) is 5.58 Å². The van der Waals surface area contributed by atoms with Gasteiger partial charge in [-0.15, -0.1) is 0 Å². The molecule has 0 saturated heterocycles. The molecule has 0 bridgehead atoms. The molecule has 29 heavy (non-hydrogen) atoms. The van der Waals surface area contributed by atoms with Crippen molar-refractivity contribution in [3.63, 3.8) is 0 Å². The second-order valence-corrected chi connectivity index (χ2v) is 6.32. The van der Waals surface area contributed by atoms with Crippen LogP contribution in [0.2, 0.25) is 0 Å². The van der Waals surface area contributed by atoms with E-state index in [2.05, 4.69) is 10.5 Å². The van der Waals surface area contributed by atoms with Crippen molar-refractivity contribution in [3.05, 3.63) is 72.0 Å². The first-order chi connectivity index (χ1) is 14.2. The molecule has 1 aromatic heterocycles. The number of carbonyl (C=O) groups is 1. The molecule has 3 aromatic carbocycles. The predicted octanol–water partition coefficient (Wildman–Crippen LogP) is 4.76. The molecule has 0 aliphatic heterocycles. The maximum absolute atomic E-state index is 12.5. The Labute approximate surface area is 167 Å². The number of nitrogens with zero attached hydrogens (tertiary/aromatic N) is 1. The Morgan fingerprint density at radius 1 is 1.10 bits per heavy atom. The normalized spacial score (nSPS) is 11.2. The molecule has 0 unspecified atom stereocenters. The van der Waals surface area contributed by atoms with Crippen LogP contribution in [0.3, 0.4) is 0 Å². The summed E-state index contributed by atoms with van der Waals surface area (Å²) in [5.41, 5.74) is 3.86. The number of amides is 1. The van der Waals surface area contributed by atoms with E-state index in [1.165, 1.54) is 6.21 Å². The van der Waals surface area contributed by atoms with Crippen molar-refractivity contribution in [2.75, 3.05) is 13.7 Å². The topological polar surface area (TPSA) is 73.1 Å². The minimum atomic E-state index is -0.428. The zero-order valence-electron chi connectivity index (χ0n) is 16.1. The van der Waals surface area contributed by atoms with E-state index in [-0.39, 0.29) is 5.76 Å². The summed E-state index contributed by atoms with van der Waals surface area (Å²) in [5.74, 6) is 0.948. The van der Waals surface area contributed by atoms with Crippen molar-refractivity contribution in [1.29, 1.82) is 0 Å². The highest BCUT2D eigenvalue weighted by Crippen LogP contribution is 2.30. The number of rotatable bonds is 6. The molecule has 0 atom stereocenters. The number of nitrogens with one attached hydrogen (secondary N) is 1. The zero-order chi connectivity index (χ0) is 20.2. The molecular weight excluding hydrogens is 368 g/mol. The van der Waals surface area contributed by atoms with Crippen LogP contribution < -0.4 is 14.9 Å². The molecule has 0 aliphatic carbocycles. The molecule has 1 amide bonds. The molecule has 4 aromatic rings. The highest BCUT2D eigenvalue weighted by Gasteiger charge is 2.14. The second kappa shape index (κ2) is 8.06. The van der Waals surface area contributed by atoms with Gasteiger partial charge in [0.05, 0.1) is 19.9 Å². The number of hydrazone groups is 1. The van der Waals surface area contributed by atoms with E-state index in [4.69, 9.17) is 13.9 Å². The summed E-state index contributed by atoms with van der Waals surface area (Å²) in [6, 6.07) is 19.0. The summed E-state index contributed by atoms with van der Waals surface area (Å²) >= 11 is 0. The van der Waals surface area contributed by atoms with Gasteiger partial charge in [0, 0.05) is 10.9 Å². The largest absolute Gasteiger partial charge is 0.493 e. The molecule has 146 valence electrons. The van der Waals surface area contributed by atoms with Crippen molar-refractivity contribution in [2.45, 2.75) is 6.92 Å².